The number of fused-ring (bicyclic) bond motifs is 1. The average molecular weight is 364 g/mol. The summed E-state index contributed by atoms with van der Waals surface area (Å²) in [7, 11) is -3.46. The molecule has 0 amide bonds. The fourth-order valence-corrected chi connectivity index (χ4v) is 6.31. The summed E-state index contributed by atoms with van der Waals surface area (Å²) in [5.41, 5.74) is 0.359. The molecule has 0 bridgehead atoms. The van der Waals surface area contributed by atoms with Gasteiger partial charge in [-0.05, 0) is 43.7 Å². The Hall–Kier alpha value is -0.950. The van der Waals surface area contributed by atoms with Crippen LogP contribution in [0, 0.1) is 5.92 Å². The van der Waals surface area contributed by atoms with Gasteiger partial charge in [0.1, 0.15) is 0 Å². The van der Waals surface area contributed by atoms with E-state index in [0.29, 0.717) is 11.4 Å². The van der Waals surface area contributed by atoms with Crippen molar-refractivity contribution in [3.8, 4) is 0 Å². The molecule has 1 saturated heterocycles. The Bertz CT molecular complexity index is 652. The lowest BCUT2D eigenvalue weighted by molar-refractivity contribution is 0.127. The Labute approximate surface area is 151 Å². The molecular weight excluding hydrogens is 334 g/mol. The summed E-state index contributed by atoms with van der Waals surface area (Å²) < 4.78 is 28.6. The number of anilines is 1. The lowest BCUT2D eigenvalue weighted by Gasteiger charge is -2.42. The summed E-state index contributed by atoms with van der Waals surface area (Å²) >= 11 is 0. The minimum atomic E-state index is -3.46. The molecule has 1 spiro atoms. The highest BCUT2D eigenvalue weighted by Gasteiger charge is 2.44. The number of rotatable bonds is 2. The van der Waals surface area contributed by atoms with E-state index in [-0.39, 0.29) is 5.54 Å². The number of hydrogen-bond donors (Lipinski definition) is 2. The summed E-state index contributed by atoms with van der Waals surface area (Å²) in [4.78, 5) is 2.92. The van der Waals surface area contributed by atoms with Crippen molar-refractivity contribution in [1.82, 2.24) is 9.62 Å². The van der Waals surface area contributed by atoms with Gasteiger partial charge in [0.15, 0.2) is 15.3 Å². The smallest absolute Gasteiger partial charge is 0.198 e. The van der Waals surface area contributed by atoms with E-state index in [1.54, 1.807) is 12.1 Å². The summed E-state index contributed by atoms with van der Waals surface area (Å²) in [6.07, 6.45) is 8.64. The molecule has 1 saturated carbocycles. The fourth-order valence-electron chi connectivity index (χ4n) is 4.66. The Balaban J connectivity index is 1.42. The van der Waals surface area contributed by atoms with Gasteiger partial charge in [-0.15, -0.1) is 4.72 Å². The van der Waals surface area contributed by atoms with Gasteiger partial charge in [-0.1, -0.05) is 35.6 Å². The molecule has 1 unspecified atom stereocenters. The third kappa shape index (κ3) is 3.77. The predicted octanol–water partition coefficient (Wildman–Crippen LogP) is 3.02. The molecule has 3 aliphatic rings. The molecule has 2 fully saturated rings. The van der Waals surface area contributed by atoms with Crippen molar-refractivity contribution in [2.24, 2.45) is 5.92 Å². The normalized spacial score (nSPS) is 30.4. The second-order valence-corrected chi connectivity index (χ2v) is 9.69. The van der Waals surface area contributed by atoms with E-state index in [1.807, 2.05) is 12.1 Å². The number of para-hydroxylation sites is 1. The zero-order valence-corrected chi connectivity index (χ0v) is 15.7. The first-order valence-corrected chi connectivity index (χ1v) is 11.1. The van der Waals surface area contributed by atoms with E-state index >= 15 is 0 Å². The summed E-state index contributed by atoms with van der Waals surface area (Å²) in [6.45, 7) is 3.82. The largest absolute Gasteiger partial charge is 0.593 e. The van der Waals surface area contributed by atoms with Crippen molar-refractivity contribution in [2.75, 3.05) is 31.5 Å². The maximum atomic E-state index is 12.8. The monoisotopic (exact) mass is 363 g/mol. The van der Waals surface area contributed by atoms with E-state index < -0.39 is 10.4 Å². The maximum absolute atomic E-state index is 12.8. The Morgan fingerprint density at radius 1 is 1.16 bits per heavy atom. The topological polar surface area (TPSA) is 67.4 Å². The minimum absolute atomic E-state index is 0.360. The molecular formula is C19H29N3O2S. The molecule has 25 heavy (non-hydrogen) atoms. The molecule has 2 heterocycles. The Kier molecular flexibility index (Phi) is 4.88. The number of benzene rings is 1. The van der Waals surface area contributed by atoms with Gasteiger partial charge in [-0.2, -0.15) is 0 Å². The summed E-state index contributed by atoms with van der Waals surface area (Å²) in [6, 6.07) is 7.20. The highest BCUT2D eigenvalue weighted by atomic mass is 32.3. The van der Waals surface area contributed by atoms with E-state index in [4.69, 9.17) is 0 Å². The first-order valence-electron chi connectivity index (χ1n) is 9.66. The molecule has 6 heteroatoms. The molecule has 1 atom stereocenters. The Morgan fingerprint density at radius 2 is 1.88 bits per heavy atom. The third-order valence-electron chi connectivity index (χ3n) is 6.20. The van der Waals surface area contributed by atoms with Crippen LogP contribution in [0.5, 0.6) is 0 Å². The molecule has 1 aromatic rings. The van der Waals surface area contributed by atoms with Gasteiger partial charge in [0.2, 0.25) is 0 Å². The number of nitrogens with zero attached hydrogens (tertiary/aromatic N) is 1. The predicted molar refractivity (Wildman–Crippen MR) is 100 cm³/mol. The second kappa shape index (κ2) is 6.99. The van der Waals surface area contributed by atoms with Gasteiger partial charge in [0.25, 0.3) is 0 Å². The summed E-state index contributed by atoms with van der Waals surface area (Å²) in [5.74, 6) is 0.844. The van der Waals surface area contributed by atoms with E-state index in [1.165, 1.54) is 38.6 Å². The molecule has 0 aromatic heterocycles. The van der Waals surface area contributed by atoms with Crippen molar-refractivity contribution < 1.29 is 8.76 Å². The molecule has 1 aromatic carbocycles. The first-order chi connectivity index (χ1) is 12.1. The quantitative estimate of drug-likeness (QED) is 0.793. The molecule has 0 radical (unpaired) electrons. The second-order valence-electron chi connectivity index (χ2n) is 8.04. The lowest BCUT2D eigenvalue weighted by Crippen LogP contribution is -2.59. The van der Waals surface area contributed by atoms with Crippen LogP contribution in [0.25, 0.3) is 0 Å². The third-order valence-corrected chi connectivity index (χ3v) is 7.84. The number of sulfonamides is 1. The van der Waals surface area contributed by atoms with Gasteiger partial charge in [0, 0.05) is 26.2 Å². The number of nitrogens with one attached hydrogen (secondary N) is 2. The van der Waals surface area contributed by atoms with Crippen molar-refractivity contribution in [1.29, 1.82) is 0 Å². The van der Waals surface area contributed by atoms with Crippen LogP contribution in [0.15, 0.2) is 29.2 Å². The van der Waals surface area contributed by atoms with Gasteiger partial charge >= 0.3 is 0 Å². The molecule has 1 aliphatic carbocycles. The minimum Gasteiger partial charge on any atom is -0.593 e. The summed E-state index contributed by atoms with van der Waals surface area (Å²) in [5, 5.41) is 3.38. The maximum Gasteiger partial charge on any atom is 0.198 e. The first kappa shape index (κ1) is 17.5. The van der Waals surface area contributed by atoms with Crippen LogP contribution in [0.3, 0.4) is 0 Å². The van der Waals surface area contributed by atoms with Gasteiger partial charge in [-0.25, -0.2) is 0 Å². The van der Waals surface area contributed by atoms with E-state index in [2.05, 4.69) is 14.9 Å². The van der Waals surface area contributed by atoms with Crippen molar-refractivity contribution in [3.63, 3.8) is 0 Å². The highest BCUT2D eigenvalue weighted by Crippen LogP contribution is 2.34. The van der Waals surface area contributed by atoms with Crippen molar-refractivity contribution in [3.05, 3.63) is 24.3 Å². The van der Waals surface area contributed by atoms with Crippen LogP contribution in [0.1, 0.15) is 44.9 Å². The fraction of sp³-hybridized carbons (Fsp3) is 0.684. The van der Waals surface area contributed by atoms with Crippen LogP contribution in [-0.2, 0) is 14.6 Å². The van der Waals surface area contributed by atoms with E-state index in [9.17, 15) is 8.76 Å². The number of piperidine rings is 1. The molecule has 138 valence electrons. The molecule has 2 aliphatic heterocycles. The van der Waals surface area contributed by atoms with Gasteiger partial charge in [0.05, 0.1) is 11.2 Å². The van der Waals surface area contributed by atoms with Crippen LogP contribution < -0.4 is 10.0 Å². The SMILES string of the molecule is O=[S+]1([O-])NC2(CCN(CC3CCCCC3)CC2)CNc2ccccc21. The number of hydrogen-bond acceptors (Lipinski definition) is 4. The molecule has 5 nitrogen and oxygen atoms in total. The van der Waals surface area contributed by atoms with Crippen LogP contribution in [-0.4, -0.2) is 41.2 Å². The average Bonchev–Trinajstić information content (AvgIpc) is 2.73. The Morgan fingerprint density at radius 3 is 2.64 bits per heavy atom. The van der Waals surface area contributed by atoms with E-state index in [0.717, 1.165) is 37.5 Å². The van der Waals surface area contributed by atoms with Crippen LogP contribution >= 0.6 is 0 Å². The van der Waals surface area contributed by atoms with Gasteiger partial charge in [-0.3, -0.25) is 0 Å². The van der Waals surface area contributed by atoms with Crippen molar-refractivity contribution in [2.45, 2.75) is 55.4 Å². The zero-order chi connectivity index (χ0) is 17.3. The lowest BCUT2D eigenvalue weighted by atomic mass is 9.85. The highest BCUT2D eigenvalue weighted by molar-refractivity contribution is 7.96. The number of likely N-dealkylation sites (tertiary alicyclic amines) is 1. The molecule has 4 rings (SSSR count). The van der Waals surface area contributed by atoms with Crippen LogP contribution in [0.2, 0.25) is 0 Å². The standard InChI is InChI=1S/C19H29N3O2S/c23-25(24)18-9-5-4-8-17(18)20-15-19(21-25)10-12-22(13-11-19)14-16-6-2-1-3-7-16/h4-5,8-9,16,20H,1-3,6-7,10-15H2,(H-,21,23,24). The van der Waals surface area contributed by atoms with Crippen LogP contribution in [0.4, 0.5) is 5.69 Å². The molecule has 2 N–H and O–H groups in total. The van der Waals surface area contributed by atoms with Crippen molar-refractivity contribution >= 4 is 16.1 Å². The van der Waals surface area contributed by atoms with Gasteiger partial charge < -0.3 is 14.8 Å². The zero-order valence-electron chi connectivity index (χ0n) is 14.8.